The van der Waals surface area contributed by atoms with Gasteiger partial charge in [0.15, 0.2) is 11.6 Å². The normalized spacial score (nSPS) is 18.7. The zero-order valence-corrected chi connectivity index (χ0v) is 11.2. The van der Waals surface area contributed by atoms with Crippen molar-refractivity contribution in [2.45, 2.75) is 18.9 Å². The molecule has 1 aliphatic heterocycles. The van der Waals surface area contributed by atoms with Crippen molar-refractivity contribution in [3.05, 3.63) is 30.7 Å². The van der Waals surface area contributed by atoms with E-state index in [1.165, 1.54) is 0 Å². The predicted octanol–water partition coefficient (Wildman–Crippen LogP) is 1.28. The number of rotatable bonds is 3. The highest BCUT2D eigenvalue weighted by Crippen LogP contribution is 2.21. The van der Waals surface area contributed by atoms with Crippen molar-refractivity contribution >= 4 is 11.6 Å². The fourth-order valence-corrected chi connectivity index (χ4v) is 2.33. The largest absolute Gasteiger partial charge is 0.381 e. The van der Waals surface area contributed by atoms with Crippen molar-refractivity contribution in [2.24, 2.45) is 0 Å². The lowest BCUT2D eigenvalue weighted by atomic mass is 10.1. The van der Waals surface area contributed by atoms with E-state index in [9.17, 15) is 0 Å². The van der Waals surface area contributed by atoms with Crippen LogP contribution in [0.15, 0.2) is 30.7 Å². The van der Waals surface area contributed by atoms with E-state index in [0.29, 0.717) is 17.7 Å². The maximum atomic E-state index is 5.92. The van der Waals surface area contributed by atoms with Gasteiger partial charge in [0, 0.05) is 30.5 Å². The Morgan fingerprint density at radius 3 is 2.90 bits per heavy atom. The fraction of sp³-hybridized carbons (Fsp3) is 0.357. The van der Waals surface area contributed by atoms with Crippen LogP contribution in [-0.2, 0) is 0 Å². The summed E-state index contributed by atoms with van der Waals surface area (Å²) in [7, 11) is 0. The Morgan fingerprint density at radius 2 is 2.15 bits per heavy atom. The summed E-state index contributed by atoms with van der Waals surface area (Å²) >= 11 is 0. The van der Waals surface area contributed by atoms with Crippen LogP contribution in [0.25, 0.3) is 11.3 Å². The zero-order valence-electron chi connectivity index (χ0n) is 11.2. The molecule has 1 aliphatic rings. The van der Waals surface area contributed by atoms with Gasteiger partial charge in [-0.1, -0.05) is 0 Å². The molecule has 2 aromatic rings. The summed E-state index contributed by atoms with van der Waals surface area (Å²) in [6.45, 7) is 2.01. The van der Waals surface area contributed by atoms with Crippen LogP contribution in [-0.4, -0.2) is 34.1 Å². The smallest absolute Gasteiger partial charge is 0.169 e. The van der Waals surface area contributed by atoms with Crippen LogP contribution in [0.1, 0.15) is 12.8 Å². The Hall–Kier alpha value is -2.21. The molecule has 0 aliphatic carbocycles. The maximum Gasteiger partial charge on any atom is 0.169 e. The van der Waals surface area contributed by atoms with E-state index < -0.39 is 0 Å². The van der Waals surface area contributed by atoms with Gasteiger partial charge in [-0.15, -0.1) is 0 Å². The third kappa shape index (κ3) is 2.85. The average Bonchev–Trinajstić information content (AvgIpc) is 2.51. The Kier molecular flexibility index (Phi) is 3.73. The summed E-state index contributed by atoms with van der Waals surface area (Å²) < 4.78 is 0. The molecule has 6 nitrogen and oxygen atoms in total. The van der Waals surface area contributed by atoms with Gasteiger partial charge in [0.1, 0.15) is 0 Å². The molecule has 0 bridgehead atoms. The van der Waals surface area contributed by atoms with Crippen LogP contribution in [0, 0.1) is 0 Å². The monoisotopic (exact) mass is 270 g/mol. The van der Waals surface area contributed by atoms with Gasteiger partial charge in [-0.2, -0.15) is 0 Å². The van der Waals surface area contributed by atoms with Crippen LogP contribution >= 0.6 is 0 Å². The first-order valence-corrected chi connectivity index (χ1v) is 6.83. The first-order valence-electron chi connectivity index (χ1n) is 6.83. The molecule has 1 atom stereocenters. The number of pyridine rings is 1. The van der Waals surface area contributed by atoms with Crippen molar-refractivity contribution in [1.82, 2.24) is 20.3 Å². The SMILES string of the molecule is Nc1ncc(-c2ccncc2)nc1NC1CCCNC1. The zero-order chi connectivity index (χ0) is 13.8. The average molecular weight is 270 g/mol. The summed E-state index contributed by atoms with van der Waals surface area (Å²) in [5, 5.41) is 6.74. The summed E-state index contributed by atoms with van der Waals surface area (Å²) in [5.41, 5.74) is 7.70. The van der Waals surface area contributed by atoms with Gasteiger partial charge in [0.2, 0.25) is 0 Å². The Balaban J connectivity index is 1.83. The van der Waals surface area contributed by atoms with Crippen molar-refractivity contribution in [1.29, 1.82) is 0 Å². The summed E-state index contributed by atoms with van der Waals surface area (Å²) in [6.07, 6.45) is 7.45. The highest BCUT2D eigenvalue weighted by molar-refractivity contribution is 5.65. The van der Waals surface area contributed by atoms with Gasteiger partial charge in [-0.05, 0) is 31.5 Å². The van der Waals surface area contributed by atoms with Crippen molar-refractivity contribution < 1.29 is 0 Å². The van der Waals surface area contributed by atoms with Gasteiger partial charge in [0.25, 0.3) is 0 Å². The first kappa shape index (κ1) is 12.8. The molecule has 6 heteroatoms. The lowest BCUT2D eigenvalue weighted by Gasteiger charge is -2.24. The van der Waals surface area contributed by atoms with Gasteiger partial charge >= 0.3 is 0 Å². The van der Waals surface area contributed by atoms with Gasteiger partial charge in [-0.3, -0.25) is 4.98 Å². The molecule has 20 heavy (non-hydrogen) atoms. The molecule has 4 N–H and O–H groups in total. The summed E-state index contributed by atoms with van der Waals surface area (Å²) in [5.74, 6) is 1.10. The molecule has 3 rings (SSSR count). The predicted molar refractivity (Wildman–Crippen MR) is 79.2 cm³/mol. The van der Waals surface area contributed by atoms with E-state index in [2.05, 4.69) is 25.6 Å². The number of nitrogen functional groups attached to an aromatic ring is 1. The summed E-state index contributed by atoms with van der Waals surface area (Å²) in [6, 6.07) is 4.17. The molecular weight excluding hydrogens is 252 g/mol. The number of nitrogens with two attached hydrogens (primary N) is 1. The van der Waals surface area contributed by atoms with E-state index in [-0.39, 0.29) is 0 Å². The molecule has 104 valence electrons. The van der Waals surface area contributed by atoms with E-state index in [4.69, 9.17) is 5.73 Å². The van der Waals surface area contributed by atoms with Gasteiger partial charge < -0.3 is 16.4 Å². The molecule has 0 amide bonds. The number of piperidine rings is 1. The lowest BCUT2D eigenvalue weighted by molar-refractivity contribution is 0.479. The minimum Gasteiger partial charge on any atom is -0.381 e. The topological polar surface area (TPSA) is 88.8 Å². The van der Waals surface area contributed by atoms with Crippen LogP contribution < -0.4 is 16.4 Å². The number of nitrogens with zero attached hydrogens (tertiary/aromatic N) is 3. The van der Waals surface area contributed by atoms with Crippen LogP contribution in [0.2, 0.25) is 0 Å². The van der Waals surface area contributed by atoms with Crippen molar-refractivity contribution in [3.8, 4) is 11.3 Å². The molecule has 3 heterocycles. The van der Waals surface area contributed by atoms with E-state index in [1.807, 2.05) is 12.1 Å². The maximum absolute atomic E-state index is 5.92. The van der Waals surface area contributed by atoms with Gasteiger partial charge in [0.05, 0.1) is 11.9 Å². The number of hydrogen-bond donors (Lipinski definition) is 3. The molecule has 1 saturated heterocycles. The van der Waals surface area contributed by atoms with Gasteiger partial charge in [-0.25, -0.2) is 9.97 Å². The molecule has 2 aromatic heterocycles. The van der Waals surface area contributed by atoms with Crippen LogP contribution in [0.4, 0.5) is 11.6 Å². The van der Waals surface area contributed by atoms with E-state index >= 15 is 0 Å². The third-order valence-electron chi connectivity index (χ3n) is 3.41. The Morgan fingerprint density at radius 1 is 1.30 bits per heavy atom. The molecule has 1 fully saturated rings. The minimum atomic E-state index is 0.355. The molecule has 0 aromatic carbocycles. The van der Waals surface area contributed by atoms with Crippen molar-refractivity contribution in [2.75, 3.05) is 24.1 Å². The van der Waals surface area contributed by atoms with E-state index in [1.54, 1.807) is 18.6 Å². The number of aromatic nitrogens is 3. The van der Waals surface area contributed by atoms with Crippen LogP contribution in [0.3, 0.4) is 0 Å². The second-order valence-corrected chi connectivity index (χ2v) is 4.91. The minimum absolute atomic E-state index is 0.355. The lowest BCUT2D eigenvalue weighted by Crippen LogP contribution is -2.38. The quantitative estimate of drug-likeness (QED) is 0.778. The highest BCUT2D eigenvalue weighted by Gasteiger charge is 2.15. The standard InChI is InChI=1S/C14H18N6/c15-13-14(19-11-2-1-5-17-8-11)20-12(9-18-13)10-3-6-16-7-4-10/h3-4,6-7,9,11,17H,1-2,5,8H2,(H2,15,18)(H,19,20). The second kappa shape index (κ2) is 5.83. The number of nitrogens with one attached hydrogen (secondary N) is 2. The highest BCUT2D eigenvalue weighted by atomic mass is 15.1. The molecular formula is C14H18N6. The Bertz CT molecular complexity index is 565. The number of anilines is 2. The summed E-state index contributed by atoms with van der Waals surface area (Å²) in [4.78, 5) is 12.8. The Labute approximate surface area is 117 Å². The third-order valence-corrected chi connectivity index (χ3v) is 3.41. The first-order chi connectivity index (χ1) is 9.83. The second-order valence-electron chi connectivity index (χ2n) is 4.91. The van der Waals surface area contributed by atoms with Crippen LogP contribution in [0.5, 0.6) is 0 Å². The molecule has 0 radical (unpaired) electrons. The molecule has 0 saturated carbocycles. The number of hydrogen-bond acceptors (Lipinski definition) is 6. The van der Waals surface area contributed by atoms with Crippen molar-refractivity contribution in [3.63, 3.8) is 0 Å². The van der Waals surface area contributed by atoms with E-state index in [0.717, 1.165) is 37.2 Å². The molecule has 0 spiro atoms. The molecule has 1 unspecified atom stereocenters. The fourth-order valence-electron chi connectivity index (χ4n) is 2.33.